The summed E-state index contributed by atoms with van der Waals surface area (Å²) in [7, 11) is -4.63. The minimum atomic E-state index is -4.63. The Bertz CT molecular complexity index is 1250. The van der Waals surface area contributed by atoms with Crippen molar-refractivity contribution >= 4 is 88.6 Å². The highest BCUT2D eigenvalue weighted by Gasteiger charge is 2.57. The molecule has 180 valence electrons. The predicted octanol–water partition coefficient (Wildman–Crippen LogP) is 2.35. The number of hydrogen-bond donors (Lipinski definition) is 5. The quantitative estimate of drug-likeness (QED) is 0.191. The molecule has 0 bridgehead atoms. The number of nitrogens with zero attached hydrogens (tertiary/aromatic N) is 2. The van der Waals surface area contributed by atoms with Gasteiger partial charge in [-0.05, 0) is 18.2 Å². The van der Waals surface area contributed by atoms with E-state index >= 15 is 0 Å². The summed E-state index contributed by atoms with van der Waals surface area (Å²) in [6.45, 7) is 0. The van der Waals surface area contributed by atoms with Crippen molar-refractivity contribution in [2.45, 2.75) is 17.5 Å². The monoisotopic (exact) mass is 564 g/mol. The lowest BCUT2D eigenvalue weighted by Gasteiger charge is -2.43. The normalized spacial score (nSPS) is 22.2. The van der Waals surface area contributed by atoms with Crippen LogP contribution < -0.4 is 10.4 Å². The molecule has 2 unspecified atom stereocenters. The molecule has 2 saturated heterocycles. The van der Waals surface area contributed by atoms with Crippen LogP contribution in [0, 0.1) is 0 Å². The summed E-state index contributed by atoms with van der Waals surface area (Å²) in [5, 5.41) is 15.0. The molecule has 2 aliphatic heterocycles. The minimum absolute atomic E-state index is 0.0561. The maximum Gasteiger partial charge on any atom is 0.429 e. The van der Waals surface area contributed by atoms with E-state index in [0.29, 0.717) is 5.56 Å². The van der Waals surface area contributed by atoms with Crippen molar-refractivity contribution in [1.29, 1.82) is 0 Å². The van der Waals surface area contributed by atoms with E-state index in [1.54, 1.807) is 18.2 Å². The van der Waals surface area contributed by atoms with Crippen LogP contribution in [0.2, 0.25) is 10.0 Å². The fourth-order valence-corrected chi connectivity index (χ4v) is 6.83. The Morgan fingerprint density at radius 1 is 1.26 bits per heavy atom. The number of carboxylic acids is 1. The third-order valence-corrected chi connectivity index (χ3v) is 8.39. The molecular weight excluding hydrogens is 550 g/mol. The fourth-order valence-electron chi connectivity index (χ4n) is 3.43. The Morgan fingerprint density at radius 2 is 1.94 bits per heavy atom. The number of carboxylic acid groups (broad SMARTS) is 1. The molecular formula is C18H15Cl2N4O7PS2. The number of β-lactam (4-membered cyclic amide) rings is 1. The van der Waals surface area contributed by atoms with Gasteiger partial charge in [0.05, 0.1) is 11.3 Å². The first kappa shape index (κ1) is 25.0. The van der Waals surface area contributed by atoms with Crippen molar-refractivity contribution in [3.05, 3.63) is 44.9 Å². The van der Waals surface area contributed by atoms with Crippen molar-refractivity contribution in [3.63, 3.8) is 0 Å². The highest BCUT2D eigenvalue weighted by molar-refractivity contribution is 8.00. The van der Waals surface area contributed by atoms with Crippen LogP contribution in [0.3, 0.4) is 0 Å². The molecule has 2 fully saturated rings. The van der Waals surface area contributed by atoms with Crippen LogP contribution >= 0.6 is 54.0 Å². The van der Waals surface area contributed by atoms with E-state index in [1.807, 2.05) is 5.09 Å². The highest BCUT2D eigenvalue weighted by atomic mass is 35.5. The first-order chi connectivity index (χ1) is 16.0. The minimum Gasteiger partial charge on any atom is -0.480 e. The number of halogens is 2. The largest absolute Gasteiger partial charge is 0.480 e. The number of hydrogen-bond acceptors (Lipinski definition) is 7. The second kappa shape index (κ2) is 9.50. The Labute approximate surface area is 210 Å². The molecule has 16 heteroatoms. The van der Waals surface area contributed by atoms with Crippen LogP contribution in [-0.2, 0) is 18.9 Å². The number of fused-ring (bicyclic) bond motifs is 1. The molecule has 0 saturated carbocycles. The van der Waals surface area contributed by atoms with Crippen molar-refractivity contribution in [1.82, 2.24) is 15.2 Å². The van der Waals surface area contributed by atoms with Crippen molar-refractivity contribution < 1.29 is 33.8 Å². The molecule has 1 aromatic heterocycles. The number of carbonyl (C=O) groups is 3. The second-order valence-corrected chi connectivity index (χ2v) is 11.3. The van der Waals surface area contributed by atoms with Crippen LogP contribution in [0.25, 0.3) is 11.6 Å². The molecule has 0 radical (unpaired) electrons. The first-order valence-electron chi connectivity index (χ1n) is 9.39. The van der Waals surface area contributed by atoms with Crippen molar-refractivity contribution in [2.75, 3.05) is 10.8 Å². The molecule has 2 aromatic rings. The number of carbonyl (C=O) groups excluding carboxylic acids is 2. The summed E-state index contributed by atoms with van der Waals surface area (Å²) in [5.74, 6) is -2.15. The number of amides is 2. The lowest BCUT2D eigenvalue weighted by Crippen LogP contribution is -2.70. The van der Waals surface area contributed by atoms with E-state index in [-0.39, 0.29) is 32.2 Å². The van der Waals surface area contributed by atoms with Crippen molar-refractivity contribution in [3.8, 4) is 0 Å². The molecule has 2 amide bonds. The Balaban J connectivity index is 1.65. The fraction of sp³-hybridized carbons (Fsp3) is 0.222. The van der Waals surface area contributed by atoms with Crippen LogP contribution in [0.5, 0.6) is 0 Å². The first-order valence-corrected chi connectivity index (χ1v) is 13.7. The Morgan fingerprint density at radius 3 is 2.56 bits per heavy atom. The van der Waals surface area contributed by atoms with Crippen LogP contribution in [-0.4, -0.2) is 65.8 Å². The number of anilines is 1. The van der Waals surface area contributed by atoms with Gasteiger partial charge in [0.1, 0.15) is 17.5 Å². The van der Waals surface area contributed by atoms with E-state index in [1.165, 1.54) is 28.1 Å². The topological polar surface area (TPSA) is 169 Å². The standard InChI is InChI=1S/C18H15Cl2N4O7PS2/c19-9-2-1-3-10(20)7(9)4-8(11-5-34-18(21-11)23-32(29,30)31)14(25)22-13-15(26)24-12(17(27)28)6-33-16(13)24/h1-5,12-13,16H,6H2,(H,22,25)(H,27,28)(H3,21,23,29,30,31)/b8-4-/t12?,13?,16-/m0/s1. The Kier molecular flexibility index (Phi) is 6.98. The molecule has 0 aliphatic carbocycles. The van der Waals surface area contributed by atoms with Crippen molar-refractivity contribution in [2.24, 2.45) is 0 Å². The summed E-state index contributed by atoms with van der Waals surface area (Å²) in [5.41, 5.74) is 0.297. The molecule has 3 heterocycles. The average Bonchev–Trinajstić information content (AvgIpc) is 3.35. The number of nitrogens with one attached hydrogen (secondary N) is 2. The van der Waals surface area contributed by atoms with Gasteiger partial charge in [-0.25, -0.2) is 14.3 Å². The molecule has 4 rings (SSSR count). The molecule has 2 aliphatic rings. The van der Waals surface area contributed by atoms with Crippen LogP contribution in [0.15, 0.2) is 23.6 Å². The van der Waals surface area contributed by atoms with Gasteiger partial charge in [-0.2, -0.15) is 0 Å². The van der Waals surface area contributed by atoms with E-state index in [0.717, 1.165) is 11.3 Å². The van der Waals surface area contributed by atoms with Gasteiger partial charge >= 0.3 is 13.7 Å². The molecule has 3 atom stereocenters. The van der Waals surface area contributed by atoms with Gasteiger partial charge in [-0.3, -0.25) is 14.7 Å². The van der Waals surface area contributed by atoms with Crippen LogP contribution in [0.1, 0.15) is 11.3 Å². The molecule has 0 spiro atoms. The second-order valence-electron chi connectivity index (χ2n) is 7.16. The summed E-state index contributed by atoms with van der Waals surface area (Å²) >= 11 is 14.6. The Hall–Kier alpha value is -2.12. The number of thioether (sulfide) groups is 1. The lowest BCUT2D eigenvalue weighted by molar-refractivity contribution is -0.158. The van der Waals surface area contributed by atoms with E-state index in [9.17, 15) is 24.1 Å². The third-order valence-electron chi connectivity index (χ3n) is 4.97. The van der Waals surface area contributed by atoms with Crippen LogP contribution in [0.4, 0.5) is 5.13 Å². The summed E-state index contributed by atoms with van der Waals surface area (Å²) in [4.78, 5) is 60.7. The van der Waals surface area contributed by atoms with Gasteiger partial charge in [0.2, 0.25) is 5.91 Å². The number of aromatic nitrogens is 1. The predicted molar refractivity (Wildman–Crippen MR) is 129 cm³/mol. The number of benzene rings is 1. The maximum absolute atomic E-state index is 13.2. The maximum atomic E-state index is 13.2. The van der Waals surface area contributed by atoms with E-state index in [4.69, 9.17) is 33.0 Å². The highest BCUT2D eigenvalue weighted by Crippen LogP contribution is 2.41. The smallest absolute Gasteiger partial charge is 0.429 e. The molecule has 11 nitrogen and oxygen atoms in total. The lowest BCUT2D eigenvalue weighted by atomic mass is 10.0. The van der Waals surface area contributed by atoms with Gasteiger partial charge in [0, 0.05) is 26.7 Å². The van der Waals surface area contributed by atoms with Gasteiger partial charge in [0.15, 0.2) is 5.13 Å². The third kappa shape index (κ3) is 4.96. The van der Waals surface area contributed by atoms with Gasteiger partial charge in [-0.1, -0.05) is 29.3 Å². The molecule has 1 aromatic carbocycles. The zero-order valence-electron chi connectivity index (χ0n) is 16.7. The van der Waals surface area contributed by atoms with Gasteiger partial charge in [0.25, 0.3) is 5.91 Å². The number of rotatable bonds is 7. The summed E-state index contributed by atoms with van der Waals surface area (Å²) in [6.07, 6.45) is 1.36. The molecule has 5 N–H and O–H groups in total. The van der Waals surface area contributed by atoms with Gasteiger partial charge in [-0.15, -0.1) is 23.1 Å². The van der Waals surface area contributed by atoms with E-state index < -0.39 is 43.0 Å². The summed E-state index contributed by atoms with van der Waals surface area (Å²) < 4.78 is 11.2. The number of aliphatic carboxylic acids is 1. The molecule has 34 heavy (non-hydrogen) atoms. The number of thiazole rings is 1. The SMILES string of the molecule is O=C(NC1C(=O)N2C(C(=O)O)CS[C@@H]12)/C(=C\c1c(Cl)cccc1Cl)c1csc(NP(=O)(O)O)n1. The van der Waals surface area contributed by atoms with Gasteiger partial charge < -0.3 is 25.1 Å². The summed E-state index contributed by atoms with van der Waals surface area (Å²) in [6, 6.07) is 2.84. The average molecular weight is 565 g/mol. The zero-order chi connectivity index (χ0) is 24.8. The van der Waals surface area contributed by atoms with E-state index in [2.05, 4.69) is 10.3 Å². The zero-order valence-corrected chi connectivity index (χ0v) is 20.8.